The smallest absolute Gasteiger partial charge is 0.222 e. The van der Waals surface area contributed by atoms with Crippen molar-refractivity contribution >= 4 is 11.9 Å². The summed E-state index contributed by atoms with van der Waals surface area (Å²) in [5, 5.41) is 9.72. The predicted molar refractivity (Wildman–Crippen MR) is 109 cm³/mol. The Morgan fingerprint density at radius 3 is 2.46 bits per heavy atom. The van der Waals surface area contributed by atoms with Crippen LogP contribution in [-0.4, -0.2) is 37.5 Å². The number of benzene rings is 1. The summed E-state index contributed by atoms with van der Waals surface area (Å²) in [6.45, 7) is 8.45. The van der Waals surface area contributed by atoms with Crippen LogP contribution in [0, 0.1) is 13.8 Å². The molecule has 0 saturated heterocycles. The molecule has 0 radical (unpaired) electrons. The highest BCUT2D eigenvalue weighted by Crippen LogP contribution is 2.17. The van der Waals surface area contributed by atoms with Gasteiger partial charge in [0.2, 0.25) is 5.91 Å². The highest BCUT2D eigenvalue weighted by Gasteiger charge is 2.16. The van der Waals surface area contributed by atoms with Gasteiger partial charge in [0.25, 0.3) is 0 Å². The molecule has 1 aromatic carbocycles. The van der Waals surface area contributed by atoms with E-state index in [1.807, 2.05) is 6.92 Å². The molecule has 1 aliphatic carbocycles. The van der Waals surface area contributed by atoms with Gasteiger partial charge in [-0.1, -0.05) is 42.2 Å². The molecule has 0 spiro atoms. The Morgan fingerprint density at radius 1 is 1.12 bits per heavy atom. The van der Waals surface area contributed by atoms with Crippen molar-refractivity contribution in [3.63, 3.8) is 0 Å². The number of hydrogen-bond acceptors (Lipinski definition) is 2. The molecule has 0 atom stereocenters. The minimum absolute atomic E-state index is 0.117. The second kappa shape index (κ2) is 10.8. The first-order chi connectivity index (χ1) is 12.6. The van der Waals surface area contributed by atoms with Gasteiger partial charge in [0.15, 0.2) is 5.96 Å². The standard InChI is InChI=1S/C21H34N4O/c1-4-22-21(23-11-9-18-14-16(2)13-17(3)15-18)24-12-10-20(26)25-19-7-5-6-8-19/h13-15,19H,4-12H2,1-3H3,(H,25,26)(H2,22,23,24). The van der Waals surface area contributed by atoms with Crippen molar-refractivity contribution in [1.29, 1.82) is 0 Å². The number of rotatable bonds is 8. The molecular formula is C21H34N4O. The summed E-state index contributed by atoms with van der Waals surface area (Å²) in [6.07, 6.45) is 6.12. The zero-order valence-corrected chi connectivity index (χ0v) is 16.5. The molecule has 144 valence electrons. The molecule has 0 heterocycles. The average Bonchev–Trinajstić information content (AvgIpc) is 3.07. The van der Waals surface area contributed by atoms with E-state index in [2.05, 4.69) is 53.0 Å². The van der Waals surface area contributed by atoms with Crippen LogP contribution in [0.3, 0.4) is 0 Å². The Labute approximate surface area is 158 Å². The lowest BCUT2D eigenvalue weighted by molar-refractivity contribution is -0.121. The Bertz CT molecular complexity index is 586. The Morgan fingerprint density at radius 2 is 1.81 bits per heavy atom. The van der Waals surface area contributed by atoms with E-state index in [0.717, 1.165) is 38.3 Å². The van der Waals surface area contributed by atoms with Crippen LogP contribution in [0.25, 0.3) is 0 Å². The zero-order chi connectivity index (χ0) is 18.8. The quantitative estimate of drug-likeness (QED) is 0.494. The van der Waals surface area contributed by atoms with Crippen LogP contribution in [0.4, 0.5) is 0 Å². The van der Waals surface area contributed by atoms with Crippen LogP contribution in [0.15, 0.2) is 23.2 Å². The number of aliphatic imine (C=N–C) groups is 1. The number of guanidine groups is 1. The minimum atomic E-state index is 0.117. The van der Waals surface area contributed by atoms with E-state index >= 15 is 0 Å². The summed E-state index contributed by atoms with van der Waals surface area (Å²) in [6, 6.07) is 7.03. The fraction of sp³-hybridized carbons (Fsp3) is 0.619. The molecule has 1 amide bonds. The van der Waals surface area contributed by atoms with Crippen molar-refractivity contribution in [2.45, 2.75) is 65.3 Å². The number of carbonyl (C=O) groups is 1. The Kier molecular flexibility index (Phi) is 8.45. The van der Waals surface area contributed by atoms with Gasteiger partial charge in [-0.3, -0.25) is 9.79 Å². The van der Waals surface area contributed by atoms with E-state index in [4.69, 9.17) is 0 Å². The average molecular weight is 359 g/mol. The molecule has 2 rings (SSSR count). The van der Waals surface area contributed by atoms with Crippen molar-refractivity contribution in [1.82, 2.24) is 16.0 Å². The SMILES string of the molecule is CCNC(=NCCC(=O)NC1CCCC1)NCCc1cc(C)cc(C)c1. The third-order valence-corrected chi connectivity index (χ3v) is 4.66. The minimum Gasteiger partial charge on any atom is -0.357 e. The van der Waals surface area contributed by atoms with Crippen LogP contribution in [0.5, 0.6) is 0 Å². The summed E-state index contributed by atoms with van der Waals surface area (Å²) >= 11 is 0. The van der Waals surface area contributed by atoms with Gasteiger partial charge in [0.05, 0.1) is 6.54 Å². The maximum atomic E-state index is 12.0. The second-order valence-electron chi connectivity index (χ2n) is 7.23. The number of carbonyl (C=O) groups excluding carboxylic acids is 1. The van der Waals surface area contributed by atoms with Gasteiger partial charge in [-0.05, 0) is 45.6 Å². The highest BCUT2D eigenvalue weighted by atomic mass is 16.1. The largest absolute Gasteiger partial charge is 0.357 e. The van der Waals surface area contributed by atoms with E-state index in [-0.39, 0.29) is 5.91 Å². The molecular weight excluding hydrogens is 324 g/mol. The zero-order valence-electron chi connectivity index (χ0n) is 16.5. The van der Waals surface area contributed by atoms with Crippen LogP contribution >= 0.6 is 0 Å². The lowest BCUT2D eigenvalue weighted by Gasteiger charge is -2.13. The summed E-state index contributed by atoms with van der Waals surface area (Å²) in [4.78, 5) is 16.5. The van der Waals surface area contributed by atoms with Gasteiger partial charge in [-0.15, -0.1) is 0 Å². The Balaban J connectivity index is 1.73. The van der Waals surface area contributed by atoms with Crippen molar-refractivity contribution in [3.8, 4) is 0 Å². The van der Waals surface area contributed by atoms with Crippen LogP contribution in [-0.2, 0) is 11.2 Å². The molecule has 0 aromatic heterocycles. The Hall–Kier alpha value is -2.04. The van der Waals surface area contributed by atoms with Crippen LogP contribution < -0.4 is 16.0 Å². The summed E-state index contributed by atoms with van der Waals surface area (Å²) in [5.74, 6) is 0.900. The van der Waals surface area contributed by atoms with E-state index < -0.39 is 0 Å². The molecule has 3 N–H and O–H groups in total. The summed E-state index contributed by atoms with van der Waals surface area (Å²) in [7, 11) is 0. The van der Waals surface area contributed by atoms with Crippen molar-refractivity contribution < 1.29 is 4.79 Å². The van der Waals surface area contributed by atoms with E-state index in [1.165, 1.54) is 29.5 Å². The lowest BCUT2D eigenvalue weighted by Crippen LogP contribution is -2.38. The first-order valence-electron chi connectivity index (χ1n) is 9.95. The maximum Gasteiger partial charge on any atom is 0.222 e. The molecule has 26 heavy (non-hydrogen) atoms. The molecule has 0 unspecified atom stereocenters. The molecule has 1 fully saturated rings. The first-order valence-corrected chi connectivity index (χ1v) is 9.95. The second-order valence-corrected chi connectivity index (χ2v) is 7.23. The van der Waals surface area contributed by atoms with E-state index in [1.54, 1.807) is 0 Å². The molecule has 0 bridgehead atoms. The topological polar surface area (TPSA) is 65.5 Å². The van der Waals surface area contributed by atoms with Gasteiger partial charge in [0.1, 0.15) is 0 Å². The third kappa shape index (κ3) is 7.46. The third-order valence-electron chi connectivity index (χ3n) is 4.66. The van der Waals surface area contributed by atoms with Gasteiger partial charge < -0.3 is 16.0 Å². The number of nitrogens with one attached hydrogen (secondary N) is 3. The fourth-order valence-electron chi connectivity index (χ4n) is 3.52. The van der Waals surface area contributed by atoms with E-state index in [0.29, 0.717) is 19.0 Å². The maximum absolute atomic E-state index is 12.0. The molecule has 5 heteroatoms. The van der Waals surface area contributed by atoms with Gasteiger partial charge in [0, 0.05) is 25.6 Å². The normalized spacial score (nSPS) is 15.1. The fourth-order valence-corrected chi connectivity index (χ4v) is 3.52. The monoisotopic (exact) mass is 358 g/mol. The van der Waals surface area contributed by atoms with Gasteiger partial charge in [-0.25, -0.2) is 0 Å². The number of nitrogens with zero attached hydrogens (tertiary/aromatic N) is 1. The molecule has 1 aromatic rings. The molecule has 5 nitrogen and oxygen atoms in total. The molecule has 1 aliphatic rings. The summed E-state index contributed by atoms with van der Waals surface area (Å²) in [5.41, 5.74) is 3.93. The number of aryl methyl sites for hydroxylation is 2. The van der Waals surface area contributed by atoms with Gasteiger partial charge in [-0.2, -0.15) is 0 Å². The van der Waals surface area contributed by atoms with Crippen LogP contribution in [0.1, 0.15) is 55.7 Å². The highest BCUT2D eigenvalue weighted by molar-refractivity contribution is 5.80. The van der Waals surface area contributed by atoms with E-state index in [9.17, 15) is 4.79 Å². The number of hydrogen-bond donors (Lipinski definition) is 3. The van der Waals surface area contributed by atoms with Gasteiger partial charge >= 0.3 is 0 Å². The predicted octanol–water partition coefficient (Wildman–Crippen LogP) is 2.85. The summed E-state index contributed by atoms with van der Waals surface area (Å²) < 4.78 is 0. The lowest BCUT2D eigenvalue weighted by atomic mass is 10.1. The van der Waals surface area contributed by atoms with Crippen LogP contribution in [0.2, 0.25) is 0 Å². The van der Waals surface area contributed by atoms with Crippen molar-refractivity contribution in [2.75, 3.05) is 19.6 Å². The first kappa shape index (κ1) is 20.3. The molecule has 0 aliphatic heterocycles. The van der Waals surface area contributed by atoms with Crippen molar-refractivity contribution in [2.24, 2.45) is 4.99 Å². The number of amides is 1. The molecule has 1 saturated carbocycles. The van der Waals surface area contributed by atoms with Crippen molar-refractivity contribution in [3.05, 3.63) is 34.9 Å².